The Morgan fingerprint density at radius 2 is 1.83 bits per heavy atom. The summed E-state index contributed by atoms with van der Waals surface area (Å²) >= 11 is 0. The van der Waals surface area contributed by atoms with E-state index < -0.39 is 43.3 Å². The van der Waals surface area contributed by atoms with Gasteiger partial charge in [-0.3, -0.25) is 29.3 Å². The lowest BCUT2D eigenvalue weighted by Crippen LogP contribution is -2.46. The Labute approximate surface area is 240 Å². The molecule has 0 radical (unpaired) electrons. The SMILES string of the molecule is N#CC1CC(F)(F)CN1C(=O)CNC(=O)c1ccnc2ccc(-c3ccc(C(=O)NCCN4CCNCC4)nc3)cc12. The molecule has 5 rings (SSSR count). The maximum atomic E-state index is 13.7. The molecule has 0 spiro atoms. The number of nitrogens with one attached hydrogen (secondary N) is 3. The summed E-state index contributed by atoms with van der Waals surface area (Å²) in [6.45, 7) is 3.71. The Kier molecular flexibility index (Phi) is 8.65. The van der Waals surface area contributed by atoms with E-state index in [9.17, 15) is 23.2 Å². The Bertz CT molecular complexity index is 1520. The lowest BCUT2D eigenvalue weighted by atomic mass is 10.0. The van der Waals surface area contributed by atoms with E-state index in [0.29, 0.717) is 23.1 Å². The molecule has 2 aromatic heterocycles. The van der Waals surface area contributed by atoms with E-state index in [1.165, 1.54) is 12.3 Å². The number of fused-ring (bicyclic) bond motifs is 1. The molecule has 1 atom stereocenters. The van der Waals surface area contributed by atoms with Crippen LogP contribution in [0.5, 0.6) is 0 Å². The van der Waals surface area contributed by atoms with Crippen LogP contribution < -0.4 is 16.0 Å². The second kappa shape index (κ2) is 12.5. The van der Waals surface area contributed by atoms with Gasteiger partial charge in [-0.1, -0.05) is 12.1 Å². The minimum Gasteiger partial charge on any atom is -0.349 e. The lowest BCUT2D eigenvalue weighted by Gasteiger charge is -2.27. The Morgan fingerprint density at radius 1 is 1.05 bits per heavy atom. The molecule has 4 heterocycles. The second-order valence-corrected chi connectivity index (χ2v) is 10.3. The van der Waals surface area contributed by atoms with Crippen LogP contribution in [0.25, 0.3) is 22.0 Å². The van der Waals surface area contributed by atoms with Crippen LogP contribution in [-0.4, -0.2) is 102 Å². The highest BCUT2D eigenvalue weighted by molar-refractivity contribution is 6.07. The first-order valence-corrected chi connectivity index (χ1v) is 13.7. The van der Waals surface area contributed by atoms with Gasteiger partial charge < -0.3 is 20.9 Å². The van der Waals surface area contributed by atoms with E-state index in [1.807, 2.05) is 6.07 Å². The topological polar surface area (TPSA) is 143 Å². The molecule has 2 saturated heterocycles. The van der Waals surface area contributed by atoms with Gasteiger partial charge >= 0.3 is 0 Å². The van der Waals surface area contributed by atoms with Crippen molar-refractivity contribution in [1.29, 1.82) is 5.26 Å². The molecule has 2 aliphatic rings. The number of amides is 3. The maximum absolute atomic E-state index is 13.7. The molecule has 0 saturated carbocycles. The number of hydrogen-bond acceptors (Lipinski definition) is 8. The summed E-state index contributed by atoms with van der Waals surface area (Å²) in [5, 5.41) is 18.3. The van der Waals surface area contributed by atoms with Gasteiger partial charge in [-0.25, -0.2) is 8.78 Å². The number of rotatable bonds is 8. The molecule has 0 bridgehead atoms. The molecule has 0 aliphatic carbocycles. The van der Waals surface area contributed by atoms with E-state index in [-0.39, 0.29) is 11.5 Å². The number of piperazine rings is 1. The number of nitrogens with zero attached hydrogens (tertiary/aromatic N) is 5. The predicted molar refractivity (Wildman–Crippen MR) is 150 cm³/mol. The number of nitriles is 1. The average Bonchev–Trinajstić information content (AvgIpc) is 3.34. The van der Waals surface area contributed by atoms with Crippen LogP contribution in [0, 0.1) is 11.3 Å². The number of hydrogen-bond donors (Lipinski definition) is 3. The highest BCUT2D eigenvalue weighted by Crippen LogP contribution is 2.31. The van der Waals surface area contributed by atoms with Crippen molar-refractivity contribution in [1.82, 2.24) is 35.7 Å². The fraction of sp³-hybridized carbons (Fsp3) is 0.379. The fourth-order valence-corrected chi connectivity index (χ4v) is 5.12. The summed E-state index contributed by atoms with van der Waals surface area (Å²) in [6.07, 6.45) is 2.32. The molecule has 1 aromatic carbocycles. The first-order chi connectivity index (χ1) is 20.2. The normalized spacial score (nSPS) is 18.4. The third kappa shape index (κ3) is 6.67. The minimum atomic E-state index is -3.14. The van der Waals surface area contributed by atoms with E-state index in [2.05, 4.69) is 30.8 Å². The molecule has 42 heavy (non-hydrogen) atoms. The van der Waals surface area contributed by atoms with Crippen LogP contribution in [-0.2, 0) is 4.79 Å². The molecule has 1 unspecified atom stereocenters. The van der Waals surface area contributed by atoms with Crippen LogP contribution in [0.1, 0.15) is 27.3 Å². The van der Waals surface area contributed by atoms with Gasteiger partial charge in [0.05, 0.1) is 30.2 Å². The molecular formula is C29H30F2N8O3. The molecule has 3 N–H and O–H groups in total. The standard InChI is InChI=1S/C29H30F2N8O3/c30-29(31)14-21(15-32)39(18-29)26(40)17-37-27(41)22-5-6-34-24-3-1-19(13-23(22)24)20-2-4-25(36-16-20)28(42)35-9-12-38-10-7-33-8-11-38/h1-6,13,16,21,33H,7-12,14,17-18H2,(H,35,42)(H,37,41). The predicted octanol–water partition coefficient (Wildman–Crippen LogP) is 1.42. The molecular weight excluding hydrogens is 546 g/mol. The van der Waals surface area contributed by atoms with Crippen molar-refractivity contribution in [2.75, 3.05) is 52.4 Å². The van der Waals surface area contributed by atoms with Crippen LogP contribution in [0.15, 0.2) is 48.8 Å². The monoisotopic (exact) mass is 576 g/mol. The number of alkyl halides is 2. The first kappa shape index (κ1) is 29.0. The van der Waals surface area contributed by atoms with Crippen molar-refractivity contribution in [3.63, 3.8) is 0 Å². The summed E-state index contributed by atoms with van der Waals surface area (Å²) < 4.78 is 27.4. The fourth-order valence-electron chi connectivity index (χ4n) is 5.12. The van der Waals surface area contributed by atoms with Crippen molar-refractivity contribution in [3.05, 3.63) is 60.0 Å². The Balaban J connectivity index is 1.24. The molecule has 11 nitrogen and oxygen atoms in total. The van der Waals surface area contributed by atoms with Gasteiger partial charge in [-0.2, -0.15) is 5.26 Å². The Hall–Kier alpha value is -4.54. The largest absolute Gasteiger partial charge is 0.349 e. The van der Waals surface area contributed by atoms with Crippen molar-refractivity contribution in [2.24, 2.45) is 0 Å². The zero-order valence-corrected chi connectivity index (χ0v) is 22.8. The van der Waals surface area contributed by atoms with Crippen LogP contribution in [0.4, 0.5) is 8.78 Å². The first-order valence-electron chi connectivity index (χ1n) is 13.7. The number of pyridine rings is 2. The zero-order valence-electron chi connectivity index (χ0n) is 22.8. The van der Waals surface area contributed by atoms with Gasteiger partial charge in [-0.15, -0.1) is 0 Å². The molecule has 2 aliphatic heterocycles. The van der Waals surface area contributed by atoms with Crippen molar-refractivity contribution in [3.8, 4) is 17.2 Å². The van der Waals surface area contributed by atoms with E-state index in [4.69, 9.17) is 5.26 Å². The number of likely N-dealkylation sites (tertiary alicyclic amines) is 1. The van der Waals surface area contributed by atoms with Crippen molar-refractivity contribution in [2.45, 2.75) is 18.4 Å². The van der Waals surface area contributed by atoms with Gasteiger partial charge in [0.1, 0.15) is 11.7 Å². The van der Waals surface area contributed by atoms with E-state index in [1.54, 1.807) is 36.5 Å². The van der Waals surface area contributed by atoms with Gasteiger partial charge in [0.15, 0.2) is 0 Å². The van der Waals surface area contributed by atoms with Gasteiger partial charge in [0, 0.05) is 69.0 Å². The number of carbonyl (C=O) groups excluding carboxylic acids is 3. The smallest absolute Gasteiger partial charge is 0.269 e. The average molecular weight is 577 g/mol. The third-order valence-electron chi connectivity index (χ3n) is 7.38. The van der Waals surface area contributed by atoms with Crippen molar-refractivity contribution < 1.29 is 23.2 Å². The quantitative estimate of drug-likeness (QED) is 0.366. The van der Waals surface area contributed by atoms with Gasteiger partial charge in [0.25, 0.3) is 17.7 Å². The summed E-state index contributed by atoms with van der Waals surface area (Å²) in [6, 6.07) is 10.7. The zero-order chi connectivity index (χ0) is 29.7. The second-order valence-electron chi connectivity index (χ2n) is 10.3. The summed E-state index contributed by atoms with van der Waals surface area (Å²) in [5.74, 6) is -4.74. The van der Waals surface area contributed by atoms with Crippen LogP contribution in [0.2, 0.25) is 0 Å². The van der Waals surface area contributed by atoms with Crippen LogP contribution >= 0.6 is 0 Å². The molecule has 13 heteroatoms. The highest BCUT2D eigenvalue weighted by Gasteiger charge is 2.47. The van der Waals surface area contributed by atoms with Crippen molar-refractivity contribution >= 4 is 28.6 Å². The molecule has 2 fully saturated rings. The summed E-state index contributed by atoms with van der Waals surface area (Å²) in [7, 11) is 0. The molecule has 3 aromatic rings. The lowest BCUT2D eigenvalue weighted by molar-refractivity contribution is -0.131. The van der Waals surface area contributed by atoms with E-state index in [0.717, 1.165) is 48.8 Å². The molecule has 218 valence electrons. The third-order valence-corrected chi connectivity index (χ3v) is 7.38. The number of halogens is 2. The minimum absolute atomic E-state index is 0.242. The summed E-state index contributed by atoms with van der Waals surface area (Å²) in [4.78, 5) is 49.8. The number of aromatic nitrogens is 2. The highest BCUT2D eigenvalue weighted by atomic mass is 19.3. The van der Waals surface area contributed by atoms with Gasteiger partial charge in [-0.05, 0) is 29.8 Å². The number of carbonyl (C=O) groups is 3. The molecule has 3 amide bonds. The van der Waals surface area contributed by atoms with E-state index >= 15 is 0 Å². The van der Waals surface area contributed by atoms with Crippen LogP contribution in [0.3, 0.4) is 0 Å². The summed E-state index contributed by atoms with van der Waals surface area (Å²) in [5.41, 5.74) is 2.52. The maximum Gasteiger partial charge on any atom is 0.269 e. The number of benzene rings is 1. The van der Waals surface area contributed by atoms with Gasteiger partial charge in [0.2, 0.25) is 5.91 Å². The Morgan fingerprint density at radius 3 is 2.57 bits per heavy atom.